The summed E-state index contributed by atoms with van der Waals surface area (Å²) in [5.74, 6) is 0.707. The topological polar surface area (TPSA) is 15.3 Å². The SMILES string of the molecule is CN(C)c1cccc(C2CCCNC2)c1. The zero-order valence-corrected chi connectivity index (χ0v) is 9.66. The third-order valence-corrected chi connectivity index (χ3v) is 3.15. The van der Waals surface area contributed by atoms with E-state index in [1.54, 1.807) is 0 Å². The van der Waals surface area contributed by atoms with Crippen molar-refractivity contribution >= 4 is 5.69 Å². The van der Waals surface area contributed by atoms with Crippen LogP contribution in [0.1, 0.15) is 24.3 Å². The molecule has 0 aliphatic carbocycles. The molecule has 0 saturated carbocycles. The van der Waals surface area contributed by atoms with E-state index in [-0.39, 0.29) is 0 Å². The molecule has 2 nitrogen and oxygen atoms in total. The summed E-state index contributed by atoms with van der Waals surface area (Å²) >= 11 is 0. The van der Waals surface area contributed by atoms with Crippen LogP contribution >= 0.6 is 0 Å². The quantitative estimate of drug-likeness (QED) is 0.794. The molecular weight excluding hydrogens is 184 g/mol. The molecule has 1 atom stereocenters. The van der Waals surface area contributed by atoms with Crippen molar-refractivity contribution in [2.45, 2.75) is 18.8 Å². The van der Waals surface area contributed by atoms with Gasteiger partial charge in [0.25, 0.3) is 0 Å². The first-order chi connectivity index (χ1) is 7.27. The van der Waals surface area contributed by atoms with Gasteiger partial charge in [-0.3, -0.25) is 0 Å². The highest BCUT2D eigenvalue weighted by atomic mass is 15.1. The molecule has 0 amide bonds. The van der Waals surface area contributed by atoms with Gasteiger partial charge in [0, 0.05) is 26.3 Å². The fourth-order valence-electron chi connectivity index (χ4n) is 2.19. The highest BCUT2D eigenvalue weighted by Gasteiger charge is 2.15. The number of hydrogen-bond acceptors (Lipinski definition) is 2. The summed E-state index contributed by atoms with van der Waals surface area (Å²) in [5.41, 5.74) is 2.78. The molecule has 2 rings (SSSR count). The van der Waals surface area contributed by atoms with E-state index < -0.39 is 0 Å². The number of benzene rings is 1. The first-order valence-corrected chi connectivity index (χ1v) is 5.75. The first kappa shape index (κ1) is 10.5. The molecule has 15 heavy (non-hydrogen) atoms. The number of nitrogens with one attached hydrogen (secondary N) is 1. The molecule has 1 aromatic rings. The molecule has 1 N–H and O–H groups in total. The minimum atomic E-state index is 0.707. The number of rotatable bonds is 2. The first-order valence-electron chi connectivity index (χ1n) is 5.75. The van der Waals surface area contributed by atoms with Gasteiger partial charge in [0.2, 0.25) is 0 Å². The molecule has 1 aromatic carbocycles. The van der Waals surface area contributed by atoms with Crippen molar-refractivity contribution in [1.82, 2.24) is 5.32 Å². The normalized spacial score (nSPS) is 21.3. The van der Waals surface area contributed by atoms with Gasteiger partial charge < -0.3 is 10.2 Å². The summed E-state index contributed by atoms with van der Waals surface area (Å²) in [6.45, 7) is 2.32. The maximum absolute atomic E-state index is 3.47. The van der Waals surface area contributed by atoms with E-state index in [2.05, 4.69) is 48.6 Å². The van der Waals surface area contributed by atoms with Gasteiger partial charge in [0.1, 0.15) is 0 Å². The van der Waals surface area contributed by atoms with Crippen LogP contribution in [0.3, 0.4) is 0 Å². The largest absolute Gasteiger partial charge is 0.378 e. The molecule has 1 aliphatic rings. The lowest BCUT2D eigenvalue weighted by Gasteiger charge is -2.24. The second-order valence-corrected chi connectivity index (χ2v) is 4.53. The number of hydrogen-bond donors (Lipinski definition) is 1. The molecule has 1 aliphatic heterocycles. The molecule has 1 heterocycles. The molecular formula is C13H20N2. The Bertz CT molecular complexity index is 314. The molecule has 0 radical (unpaired) electrons. The Labute approximate surface area is 92.3 Å². The van der Waals surface area contributed by atoms with E-state index in [0.29, 0.717) is 5.92 Å². The van der Waals surface area contributed by atoms with Crippen LogP contribution in [-0.2, 0) is 0 Å². The van der Waals surface area contributed by atoms with Gasteiger partial charge in [0.15, 0.2) is 0 Å². The fraction of sp³-hybridized carbons (Fsp3) is 0.538. The van der Waals surface area contributed by atoms with Crippen LogP contribution in [-0.4, -0.2) is 27.2 Å². The maximum Gasteiger partial charge on any atom is 0.0363 e. The summed E-state index contributed by atoms with van der Waals surface area (Å²) < 4.78 is 0. The van der Waals surface area contributed by atoms with Gasteiger partial charge in [-0.15, -0.1) is 0 Å². The fourth-order valence-corrected chi connectivity index (χ4v) is 2.19. The lowest BCUT2D eigenvalue weighted by atomic mass is 9.91. The second kappa shape index (κ2) is 4.67. The van der Waals surface area contributed by atoms with E-state index in [1.165, 1.54) is 30.6 Å². The van der Waals surface area contributed by atoms with E-state index in [1.807, 2.05) is 0 Å². The van der Waals surface area contributed by atoms with Gasteiger partial charge >= 0.3 is 0 Å². The van der Waals surface area contributed by atoms with Gasteiger partial charge in [-0.25, -0.2) is 0 Å². The predicted molar refractivity (Wildman–Crippen MR) is 65.6 cm³/mol. The Kier molecular flexibility index (Phi) is 3.27. The van der Waals surface area contributed by atoms with Crippen molar-refractivity contribution in [1.29, 1.82) is 0 Å². The smallest absolute Gasteiger partial charge is 0.0363 e. The van der Waals surface area contributed by atoms with E-state index >= 15 is 0 Å². The zero-order chi connectivity index (χ0) is 10.7. The molecule has 2 heteroatoms. The average Bonchev–Trinajstić information content (AvgIpc) is 2.30. The van der Waals surface area contributed by atoms with Gasteiger partial charge in [0.05, 0.1) is 0 Å². The van der Waals surface area contributed by atoms with Crippen LogP contribution < -0.4 is 10.2 Å². The van der Waals surface area contributed by atoms with Crippen LogP contribution in [0.15, 0.2) is 24.3 Å². The van der Waals surface area contributed by atoms with Crippen molar-refractivity contribution in [2.75, 3.05) is 32.1 Å². The summed E-state index contributed by atoms with van der Waals surface area (Å²) in [4.78, 5) is 2.17. The van der Waals surface area contributed by atoms with Crippen molar-refractivity contribution in [3.63, 3.8) is 0 Å². The third kappa shape index (κ3) is 2.51. The summed E-state index contributed by atoms with van der Waals surface area (Å²) in [6, 6.07) is 8.90. The Morgan fingerprint density at radius 1 is 1.33 bits per heavy atom. The molecule has 0 spiro atoms. The van der Waals surface area contributed by atoms with Crippen molar-refractivity contribution in [3.8, 4) is 0 Å². The lowest BCUT2D eigenvalue weighted by Crippen LogP contribution is -2.28. The van der Waals surface area contributed by atoms with Crippen LogP contribution in [0.4, 0.5) is 5.69 Å². The second-order valence-electron chi connectivity index (χ2n) is 4.53. The third-order valence-electron chi connectivity index (χ3n) is 3.15. The van der Waals surface area contributed by atoms with Crippen molar-refractivity contribution in [3.05, 3.63) is 29.8 Å². The van der Waals surface area contributed by atoms with Crippen molar-refractivity contribution < 1.29 is 0 Å². The van der Waals surface area contributed by atoms with Gasteiger partial charge in [-0.05, 0) is 43.0 Å². The monoisotopic (exact) mass is 204 g/mol. The van der Waals surface area contributed by atoms with Crippen LogP contribution in [0.5, 0.6) is 0 Å². The minimum absolute atomic E-state index is 0.707. The molecule has 1 unspecified atom stereocenters. The zero-order valence-electron chi connectivity index (χ0n) is 9.66. The molecule has 1 fully saturated rings. The van der Waals surface area contributed by atoms with E-state index in [0.717, 1.165) is 6.54 Å². The Morgan fingerprint density at radius 2 is 2.20 bits per heavy atom. The van der Waals surface area contributed by atoms with Gasteiger partial charge in [-0.1, -0.05) is 12.1 Å². The Morgan fingerprint density at radius 3 is 2.87 bits per heavy atom. The highest BCUT2D eigenvalue weighted by molar-refractivity contribution is 5.48. The standard InChI is InChI=1S/C13H20N2/c1-15(2)13-7-3-5-11(9-13)12-6-4-8-14-10-12/h3,5,7,9,12,14H,4,6,8,10H2,1-2H3. The predicted octanol–water partition coefficient (Wildman–Crippen LogP) is 2.22. The molecule has 0 aromatic heterocycles. The van der Waals surface area contributed by atoms with Crippen molar-refractivity contribution in [2.24, 2.45) is 0 Å². The maximum atomic E-state index is 3.47. The highest BCUT2D eigenvalue weighted by Crippen LogP contribution is 2.25. The van der Waals surface area contributed by atoms with E-state index in [4.69, 9.17) is 0 Å². The molecule has 1 saturated heterocycles. The number of anilines is 1. The van der Waals surface area contributed by atoms with Crippen LogP contribution in [0, 0.1) is 0 Å². The van der Waals surface area contributed by atoms with E-state index in [9.17, 15) is 0 Å². The number of nitrogens with zero attached hydrogens (tertiary/aromatic N) is 1. The summed E-state index contributed by atoms with van der Waals surface area (Å²) in [6.07, 6.45) is 2.63. The minimum Gasteiger partial charge on any atom is -0.378 e. The molecule has 0 bridgehead atoms. The van der Waals surface area contributed by atoms with Gasteiger partial charge in [-0.2, -0.15) is 0 Å². The summed E-state index contributed by atoms with van der Waals surface area (Å²) in [7, 11) is 4.19. The Hall–Kier alpha value is -1.02. The Balaban J connectivity index is 2.16. The lowest BCUT2D eigenvalue weighted by molar-refractivity contribution is 0.461. The molecule has 82 valence electrons. The average molecular weight is 204 g/mol. The van der Waals surface area contributed by atoms with Crippen LogP contribution in [0.2, 0.25) is 0 Å². The summed E-state index contributed by atoms with van der Waals surface area (Å²) in [5, 5.41) is 3.47. The number of piperidine rings is 1. The van der Waals surface area contributed by atoms with Crippen LogP contribution in [0.25, 0.3) is 0 Å².